The van der Waals surface area contributed by atoms with Crippen molar-refractivity contribution in [1.29, 1.82) is 0 Å². The molecule has 2 rings (SSSR count). The summed E-state index contributed by atoms with van der Waals surface area (Å²) in [6.07, 6.45) is 2.45. The number of piperidine rings is 1. The van der Waals surface area contributed by atoms with Crippen molar-refractivity contribution in [3.63, 3.8) is 0 Å². The van der Waals surface area contributed by atoms with Crippen molar-refractivity contribution in [3.8, 4) is 0 Å². The fraction of sp³-hybridized carbons (Fsp3) is 0.533. The van der Waals surface area contributed by atoms with Crippen LogP contribution in [0.2, 0.25) is 5.02 Å². The van der Waals surface area contributed by atoms with Gasteiger partial charge >= 0.3 is 5.97 Å². The minimum Gasteiger partial charge on any atom is -0.481 e. The fourth-order valence-corrected chi connectivity index (χ4v) is 3.14. The highest BCUT2D eigenvalue weighted by atomic mass is 35.5. The number of hydrogen-bond donors (Lipinski definition) is 1. The first-order valence-electron chi connectivity index (χ1n) is 6.84. The van der Waals surface area contributed by atoms with Crippen molar-refractivity contribution >= 4 is 17.6 Å². The van der Waals surface area contributed by atoms with Gasteiger partial charge in [-0.25, -0.2) is 0 Å². The van der Waals surface area contributed by atoms with Crippen LogP contribution in [0, 0.1) is 5.92 Å². The van der Waals surface area contributed by atoms with Gasteiger partial charge in [-0.1, -0.05) is 36.7 Å². The summed E-state index contributed by atoms with van der Waals surface area (Å²) in [4.78, 5) is 13.3. The van der Waals surface area contributed by atoms with Gasteiger partial charge in [0.1, 0.15) is 0 Å². The van der Waals surface area contributed by atoms with E-state index in [9.17, 15) is 4.79 Å². The van der Waals surface area contributed by atoms with Crippen LogP contribution in [-0.4, -0.2) is 29.1 Å². The molecule has 1 fully saturated rings. The Morgan fingerprint density at radius 1 is 1.42 bits per heavy atom. The minimum absolute atomic E-state index is 0.181. The Morgan fingerprint density at radius 2 is 2.05 bits per heavy atom. The number of carboxylic acid groups (broad SMARTS) is 1. The average Bonchev–Trinajstić information content (AvgIpc) is 2.42. The topological polar surface area (TPSA) is 40.5 Å². The quantitative estimate of drug-likeness (QED) is 0.917. The Kier molecular flexibility index (Phi) is 4.83. The van der Waals surface area contributed by atoms with Gasteiger partial charge in [-0.3, -0.25) is 9.69 Å². The lowest BCUT2D eigenvalue weighted by Crippen LogP contribution is -2.38. The molecule has 1 aromatic carbocycles. The first-order valence-corrected chi connectivity index (χ1v) is 7.22. The Hall–Kier alpha value is -1.06. The molecule has 3 nitrogen and oxygen atoms in total. The van der Waals surface area contributed by atoms with Crippen molar-refractivity contribution in [1.82, 2.24) is 4.90 Å². The van der Waals surface area contributed by atoms with Crippen molar-refractivity contribution in [2.75, 3.05) is 13.1 Å². The van der Waals surface area contributed by atoms with Crippen LogP contribution < -0.4 is 0 Å². The van der Waals surface area contributed by atoms with E-state index in [4.69, 9.17) is 16.7 Å². The summed E-state index contributed by atoms with van der Waals surface area (Å²) in [5.74, 6) is -0.842. The minimum atomic E-state index is -0.662. The maximum Gasteiger partial charge on any atom is 0.306 e. The zero-order chi connectivity index (χ0) is 13.8. The van der Waals surface area contributed by atoms with E-state index in [-0.39, 0.29) is 5.92 Å². The van der Waals surface area contributed by atoms with Crippen LogP contribution in [-0.2, 0) is 4.79 Å². The molecule has 0 amide bonds. The monoisotopic (exact) mass is 281 g/mol. The maximum atomic E-state index is 11.0. The van der Waals surface area contributed by atoms with Crippen LogP contribution in [0.5, 0.6) is 0 Å². The zero-order valence-corrected chi connectivity index (χ0v) is 11.9. The molecule has 0 aliphatic carbocycles. The van der Waals surface area contributed by atoms with E-state index in [0.29, 0.717) is 6.04 Å². The number of carbonyl (C=O) groups is 1. The van der Waals surface area contributed by atoms with E-state index in [1.807, 2.05) is 18.2 Å². The molecule has 0 bridgehead atoms. The molecule has 0 saturated carbocycles. The van der Waals surface area contributed by atoms with Gasteiger partial charge in [0.15, 0.2) is 0 Å². The van der Waals surface area contributed by atoms with Crippen LogP contribution in [0.3, 0.4) is 0 Å². The van der Waals surface area contributed by atoms with Gasteiger partial charge in [-0.05, 0) is 44.0 Å². The van der Waals surface area contributed by atoms with Gasteiger partial charge < -0.3 is 5.11 Å². The van der Waals surface area contributed by atoms with E-state index < -0.39 is 5.97 Å². The molecule has 19 heavy (non-hydrogen) atoms. The molecule has 1 atom stereocenters. The number of hydrogen-bond acceptors (Lipinski definition) is 2. The van der Waals surface area contributed by atoms with Crippen molar-refractivity contribution < 1.29 is 9.90 Å². The second-order valence-electron chi connectivity index (χ2n) is 5.09. The van der Waals surface area contributed by atoms with Crippen molar-refractivity contribution in [3.05, 3.63) is 34.9 Å². The first kappa shape index (κ1) is 14.4. The SMILES string of the molecule is CCC(c1ccccc1Cl)N1CCC(C(=O)O)CC1. The van der Waals surface area contributed by atoms with Crippen molar-refractivity contribution in [2.24, 2.45) is 5.92 Å². The summed E-state index contributed by atoms with van der Waals surface area (Å²) in [7, 11) is 0. The van der Waals surface area contributed by atoms with Crippen LogP contribution in [0.4, 0.5) is 0 Å². The largest absolute Gasteiger partial charge is 0.481 e. The van der Waals surface area contributed by atoms with Gasteiger partial charge in [0.05, 0.1) is 5.92 Å². The summed E-state index contributed by atoms with van der Waals surface area (Å²) in [6.45, 7) is 3.82. The Morgan fingerprint density at radius 3 is 2.58 bits per heavy atom. The van der Waals surface area contributed by atoms with Gasteiger partial charge in [0.2, 0.25) is 0 Å². The highest BCUT2D eigenvalue weighted by Gasteiger charge is 2.29. The number of aliphatic carboxylic acids is 1. The van der Waals surface area contributed by atoms with Gasteiger partial charge in [-0.2, -0.15) is 0 Å². The number of halogens is 1. The summed E-state index contributed by atoms with van der Waals surface area (Å²) >= 11 is 6.28. The molecule has 0 radical (unpaired) electrons. The van der Waals surface area contributed by atoms with Gasteiger partial charge in [-0.15, -0.1) is 0 Å². The number of rotatable bonds is 4. The number of nitrogens with zero attached hydrogens (tertiary/aromatic N) is 1. The molecular weight excluding hydrogens is 262 g/mol. The predicted molar refractivity (Wildman–Crippen MR) is 76.4 cm³/mol. The first-order chi connectivity index (χ1) is 9.13. The molecule has 1 aromatic rings. The lowest BCUT2D eigenvalue weighted by atomic mass is 9.93. The third-order valence-electron chi connectivity index (χ3n) is 3.97. The van der Waals surface area contributed by atoms with E-state index in [0.717, 1.165) is 42.9 Å². The third-order valence-corrected chi connectivity index (χ3v) is 4.31. The highest BCUT2D eigenvalue weighted by Crippen LogP contribution is 2.32. The molecule has 4 heteroatoms. The maximum absolute atomic E-state index is 11.0. The molecule has 1 heterocycles. The number of benzene rings is 1. The summed E-state index contributed by atoms with van der Waals surface area (Å²) in [5, 5.41) is 9.84. The molecule has 0 spiro atoms. The van der Waals surface area contributed by atoms with Crippen LogP contribution in [0.15, 0.2) is 24.3 Å². The Labute approximate surface area is 119 Å². The summed E-state index contributed by atoms with van der Waals surface area (Å²) < 4.78 is 0. The average molecular weight is 282 g/mol. The van der Waals surface area contributed by atoms with Crippen LogP contribution in [0.25, 0.3) is 0 Å². The molecule has 1 saturated heterocycles. The van der Waals surface area contributed by atoms with Gasteiger partial charge in [0, 0.05) is 11.1 Å². The number of carboxylic acids is 1. The normalized spacial score (nSPS) is 19.3. The smallest absolute Gasteiger partial charge is 0.306 e. The van der Waals surface area contributed by atoms with E-state index in [2.05, 4.69) is 17.9 Å². The van der Waals surface area contributed by atoms with Crippen LogP contribution >= 0.6 is 11.6 Å². The molecule has 1 unspecified atom stereocenters. The molecule has 104 valence electrons. The van der Waals surface area contributed by atoms with Crippen molar-refractivity contribution in [2.45, 2.75) is 32.2 Å². The Balaban J connectivity index is 2.08. The lowest BCUT2D eigenvalue weighted by Gasteiger charge is -2.36. The predicted octanol–water partition coefficient (Wildman–Crippen LogP) is 3.59. The zero-order valence-electron chi connectivity index (χ0n) is 11.2. The summed E-state index contributed by atoms with van der Waals surface area (Å²) in [6, 6.07) is 8.23. The highest BCUT2D eigenvalue weighted by molar-refractivity contribution is 6.31. The molecule has 1 aliphatic heterocycles. The third kappa shape index (κ3) is 3.28. The molecule has 1 N–H and O–H groups in total. The fourth-order valence-electron chi connectivity index (χ4n) is 2.88. The second kappa shape index (κ2) is 6.40. The lowest BCUT2D eigenvalue weighted by molar-refractivity contribution is -0.143. The van der Waals surface area contributed by atoms with Crippen LogP contribution in [0.1, 0.15) is 37.8 Å². The molecular formula is C15H20ClNO2. The Bertz CT molecular complexity index is 442. The standard InChI is InChI=1S/C15H20ClNO2/c1-2-14(12-5-3-4-6-13(12)16)17-9-7-11(8-10-17)15(18)19/h3-6,11,14H,2,7-10H2,1H3,(H,18,19). The number of likely N-dealkylation sites (tertiary alicyclic amines) is 1. The van der Waals surface area contributed by atoms with E-state index in [1.54, 1.807) is 0 Å². The van der Waals surface area contributed by atoms with E-state index in [1.165, 1.54) is 0 Å². The molecule has 1 aliphatic rings. The van der Waals surface area contributed by atoms with E-state index >= 15 is 0 Å². The van der Waals surface area contributed by atoms with Gasteiger partial charge in [0.25, 0.3) is 0 Å². The summed E-state index contributed by atoms with van der Waals surface area (Å²) in [5.41, 5.74) is 1.15. The molecule has 0 aromatic heterocycles. The second-order valence-corrected chi connectivity index (χ2v) is 5.50.